The molecule has 3 nitrogen and oxygen atoms in total. The first kappa shape index (κ1) is 13.9. The van der Waals surface area contributed by atoms with Crippen LogP contribution in [0.15, 0.2) is 42.5 Å². The minimum absolute atomic E-state index is 0.139. The number of aromatic nitrogens is 1. The lowest BCUT2D eigenvalue weighted by Gasteiger charge is -2.05. The molecule has 0 unspecified atom stereocenters. The van der Waals surface area contributed by atoms with Crippen LogP contribution < -0.4 is 5.32 Å². The Morgan fingerprint density at radius 2 is 2.00 bits per heavy atom. The van der Waals surface area contributed by atoms with Gasteiger partial charge in [-0.25, -0.2) is 4.39 Å². The monoisotopic (exact) mass is 318 g/mol. The molecule has 0 spiro atoms. The van der Waals surface area contributed by atoms with Crippen molar-refractivity contribution in [2.24, 2.45) is 0 Å². The van der Waals surface area contributed by atoms with E-state index >= 15 is 0 Å². The molecule has 2 N–H and O–H groups in total. The summed E-state index contributed by atoms with van der Waals surface area (Å²) >= 11 is 6.55. The zero-order chi connectivity index (χ0) is 14.8. The number of carbonyl (C=O) groups excluding carboxylic acids is 1. The van der Waals surface area contributed by atoms with Crippen LogP contribution in [0.3, 0.4) is 0 Å². The fourth-order valence-corrected chi connectivity index (χ4v) is 3.17. The van der Waals surface area contributed by atoms with E-state index in [1.807, 2.05) is 18.2 Å². The summed E-state index contributed by atoms with van der Waals surface area (Å²) in [6.07, 6.45) is 0.209. The first-order chi connectivity index (χ1) is 10.1. The molecule has 0 saturated heterocycles. The largest absolute Gasteiger partial charge is 0.337 e. The predicted octanol–water partition coefficient (Wildman–Crippen LogP) is 4.28. The molecule has 3 aromatic rings. The SMILES string of the molecule is O=C(Cc1ccc(F)cc1)Nc1ccc2[nH]c(=S)sc2c1. The number of H-pyrrole nitrogens is 1. The smallest absolute Gasteiger partial charge is 0.228 e. The van der Waals surface area contributed by atoms with Gasteiger partial charge in [0.15, 0.2) is 3.95 Å². The topological polar surface area (TPSA) is 44.9 Å². The number of anilines is 1. The van der Waals surface area contributed by atoms with Crippen LogP contribution in [-0.4, -0.2) is 10.9 Å². The molecule has 0 radical (unpaired) electrons. The summed E-state index contributed by atoms with van der Waals surface area (Å²) in [4.78, 5) is 15.0. The van der Waals surface area contributed by atoms with Crippen LogP contribution in [0.4, 0.5) is 10.1 Å². The standard InChI is InChI=1S/C15H11FN2OS2/c16-10-3-1-9(2-4-10)7-14(19)17-11-5-6-12-13(8-11)21-15(20)18-12/h1-6,8H,7H2,(H,17,19)(H,18,20). The Kier molecular flexibility index (Phi) is 3.81. The highest BCUT2D eigenvalue weighted by Crippen LogP contribution is 2.23. The molecule has 3 rings (SSSR count). The van der Waals surface area contributed by atoms with E-state index in [1.54, 1.807) is 12.1 Å². The first-order valence-electron chi connectivity index (χ1n) is 6.27. The van der Waals surface area contributed by atoms with Crippen LogP contribution in [0.2, 0.25) is 0 Å². The predicted molar refractivity (Wildman–Crippen MR) is 85.7 cm³/mol. The van der Waals surface area contributed by atoms with Gasteiger partial charge in [-0.1, -0.05) is 12.1 Å². The number of hydrogen-bond acceptors (Lipinski definition) is 3. The minimum Gasteiger partial charge on any atom is -0.337 e. The maximum absolute atomic E-state index is 12.8. The second kappa shape index (κ2) is 5.75. The third-order valence-electron chi connectivity index (χ3n) is 2.98. The van der Waals surface area contributed by atoms with E-state index in [1.165, 1.54) is 23.5 Å². The van der Waals surface area contributed by atoms with Crippen molar-refractivity contribution in [1.29, 1.82) is 0 Å². The number of halogens is 1. The van der Waals surface area contributed by atoms with Crippen LogP contribution in [0.1, 0.15) is 5.56 Å². The van der Waals surface area contributed by atoms with Crippen LogP contribution in [0.25, 0.3) is 10.2 Å². The second-order valence-electron chi connectivity index (χ2n) is 4.58. The number of thiazole rings is 1. The van der Waals surface area contributed by atoms with E-state index in [2.05, 4.69) is 10.3 Å². The Morgan fingerprint density at radius 1 is 1.24 bits per heavy atom. The molecule has 0 aliphatic carbocycles. The van der Waals surface area contributed by atoms with Crippen molar-refractivity contribution in [3.05, 3.63) is 57.8 Å². The third kappa shape index (κ3) is 3.34. The fourth-order valence-electron chi connectivity index (χ4n) is 2.02. The van der Waals surface area contributed by atoms with Crippen molar-refractivity contribution < 1.29 is 9.18 Å². The molecule has 2 aromatic carbocycles. The van der Waals surface area contributed by atoms with Crippen molar-refractivity contribution >= 4 is 45.4 Å². The van der Waals surface area contributed by atoms with Gasteiger partial charge in [-0.05, 0) is 48.1 Å². The Balaban J connectivity index is 1.73. The number of carbonyl (C=O) groups is 1. The van der Waals surface area contributed by atoms with Crippen molar-refractivity contribution in [3.8, 4) is 0 Å². The van der Waals surface area contributed by atoms with Crippen LogP contribution >= 0.6 is 23.6 Å². The zero-order valence-corrected chi connectivity index (χ0v) is 12.5. The number of nitrogens with one attached hydrogen (secondary N) is 2. The quantitative estimate of drug-likeness (QED) is 0.708. The molecule has 106 valence electrons. The lowest BCUT2D eigenvalue weighted by Crippen LogP contribution is -2.14. The highest BCUT2D eigenvalue weighted by atomic mass is 32.1. The Morgan fingerprint density at radius 3 is 2.76 bits per heavy atom. The lowest BCUT2D eigenvalue weighted by atomic mass is 10.1. The van der Waals surface area contributed by atoms with Gasteiger partial charge in [0.05, 0.1) is 16.6 Å². The summed E-state index contributed by atoms with van der Waals surface area (Å²) in [5.74, 6) is -0.446. The molecule has 6 heteroatoms. The summed E-state index contributed by atoms with van der Waals surface area (Å²) in [7, 11) is 0. The molecule has 0 aliphatic heterocycles. The van der Waals surface area contributed by atoms with E-state index < -0.39 is 0 Å². The van der Waals surface area contributed by atoms with E-state index in [0.717, 1.165) is 21.5 Å². The molecular weight excluding hydrogens is 307 g/mol. The molecule has 0 atom stereocenters. The van der Waals surface area contributed by atoms with E-state index in [9.17, 15) is 9.18 Å². The first-order valence-corrected chi connectivity index (χ1v) is 7.50. The lowest BCUT2D eigenvalue weighted by molar-refractivity contribution is -0.115. The van der Waals surface area contributed by atoms with Gasteiger partial charge in [-0.15, -0.1) is 11.3 Å². The van der Waals surface area contributed by atoms with Gasteiger partial charge in [0.25, 0.3) is 0 Å². The Hall–Kier alpha value is -2.05. The molecular formula is C15H11FN2OS2. The maximum atomic E-state index is 12.8. The molecule has 0 bridgehead atoms. The van der Waals surface area contributed by atoms with E-state index in [-0.39, 0.29) is 18.1 Å². The van der Waals surface area contributed by atoms with Crippen molar-refractivity contribution in [2.45, 2.75) is 6.42 Å². The van der Waals surface area contributed by atoms with Gasteiger partial charge in [0.1, 0.15) is 5.82 Å². The number of benzene rings is 2. The molecule has 0 fully saturated rings. The van der Waals surface area contributed by atoms with E-state index in [0.29, 0.717) is 3.95 Å². The third-order valence-corrected chi connectivity index (χ3v) is 4.18. The summed E-state index contributed by atoms with van der Waals surface area (Å²) < 4.78 is 14.5. The van der Waals surface area contributed by atoms with Crippen molar-refractivity contribution in [3.63, 3.8) is 0 Å². The van der Waals surface area contributed by atoms with Gasteiger partial charge in [0, 0.05) is 5.69 Å². The maximum Gasteiger partial charge on any atom is 0.228 e. The number of hydrogen-bond donors (Lipinski definition) is 2. The van der Waals surface area contributed by atoms with Gasteiger partial charge in [0.2, 0.25) is 5.91 Å². The summed E-state index contributed by atoms with van der Waals surface area (Å²) in [6.45, 7) is 0. The number of amides is 1. The average molecular weight is 318 g/mol. The molecule has 0 aliphatic rings. The van der Waals surface area contributed by atoms with Crippen molar-refractivity contribution in [2.75, 3.05) is 5.32 Å². The molecule has 0 saturated carbocycles. The van der Waals surface area contributed by atoms with Crippen molar-refractivity contribution in [1.82, 2.24) is 4.98 Å². The van der Waals surface area contributed by atoms with Gasteiger partial charge >= 0.3 is 0 Å². The number of aromatic amines is 1. The van der Waals surface area contributed by atoms with Crippen LogP contribution in [0, 0.1) is 9.77 Å². The van der Waals surface area contributed by atoms with E-state index in [4.69, 9.17) is 12.2 Å². The van der Waals surface area contributed by atoms with Gasteiger partial charge in [-0.3, -0.25) is 4.79 Å². The molecule has 1 heterocycles. The molecule has 21 heavy (non-hydrogen) atoms. The average Bonchev–Trinajstić information content (AvgIpc) is 2.80. The Bertz CT molecular complexity index is 852. The fraction of sp³-hybridized carbons (Fsp3) is 0.0667. The zero-order valence-electron chi connectivity index (χ0n) is 10.9. The highest BCUT2D eigenvalue weighted by molar-refractivity contribution is 7.73. The second-order valence-corrected chi connectivity index (χ2v) is 6.30. The normalized spacial score (nSPS) is 10.7. The highest BCUT2D eigenvalue weighted by Gasteiger charge is 2.06. The molecule has 1 amide bonds. The summed E-state index contributed by atoms with van der Waals surface area (Å²) in [5.41, 5.74) is 2.45. The van der Waals surface area contributed by atoms with Gasteiger partial charge in [-0.2, -0.15) is 0 Å². The summed E-state index contributed by atoms with van der Waals surface area (Å²) in [5, 5.41) is 2.83. The Labute approximate surface area is 129 Å². The summed E-state index contributed by atoms with van der Waals surface area (Å²) in [6, 6.07) is 11.5. The van der Waals surface area contributed by atoms with Gasteiger partial charge < -0.3 is 10.3 Å². The number of fused-ring (bicyclic) bond motifs is 1. The molecule has 1 aromatic heterocycles. The van der Waals surface area contributed by atoms with Crippen LogP contribution in [0.5, 0.6) is 0 Å². The number of rotatable bonds is 3. The van der Waals surface area contributed by atoms with Crippen LogP contribution in [-0.2, 0) is 11.2 Å². The minimum atomic E-state index is -0.307.